The highest BCUT2D eigenvalue weighted by Crippen LogP contribution is 2.31. The van der Waals surface area contributed by atoms with Crippen LogP contribution in [0.3, 0.4) is 0 Å². The fraction of sp³-hybridized carbons (Fsp3) is 0.192. The number of nitrogens with one attached hydrogen (secondary N) is 2. The van der Waals surface area contributed by atoms with E-state index >= 15 is 0 Å². The van der Waals surface area contributed by atoms with E-state index in [9.17, 15) is 14.4 Å². The Kier molecular flexibility index (Phi) is 6.40. The van der Waals surface area contributed by atoms with Crippen LogP contribution in [0.4, 0.5) is 22.7 Å². The summed E-state index contributed by atoms with van der Waals surface area (Å²) >= 11 is 0. The molecule has 2 N–H and O–H groups in total. The van der Waals surface area contributed by atoms with Gasteiger partial charge in [-0.1, -0.05) is 42.0 Å². The van der Waals surface area contributed by atoms with Crippen LogP contribution in [0.2, 0.25) is 0 Å². The quantitative estimate of drug-likeness (QED) is 0.547. The van der Waals surface area contributed by atoms with E-state index in [1.807, 2.05) is 55.5 Å². The number of nitrogens with zero attached hydrogens (tertiary/aromatic N) is 1. The zero-order valence-corrected chi connectivity index (χ0v) is 18.5. The molecule has 1 unspecified atom stereocenters. The predicted octanol–water partition coefficient (Wildman–Crippen LogP) is 4.52. The van der Waals surface area contributed by atoms with Crippen molar-refractivity contribution in [3.63, 3.8) is 0 Å². The molecule has 1 atom stereocenters. The molecule has 0 radical (unpaired) electrons. The molecular weight excluding hydrogens is 418 g/mol. The smallest absolute Gasteiger partial charge is 0.339 e. The largest absolute Gasteiger partial charge is 0.465 e. The van der Waals surface area contributed by atoms with Crippen LogP contribution >= 0.6 is 0 Å². The number of para-hydroxylation sites is 3. The number of carbonyl (C=O) groups is 3. The van der Waals surface area contributed by atoms with Crippen LogP contribution in [0, 0.1) is 12.8 Å². The summed E-state index contributed by atoms with van der Waals surface area (Å²) in [4.78, 5) is 39.4. The molecule has 4 rings (SSSR count). The van der Waals surface area contributed by atoms with Crippen molar-refractivity contribution in [1.82, 2.24) is 0 Å². The van der Waals surface area contributed by atoms with Crippen molar-refractivity contribution in [2.75, 3.05) is 29.2 Å². The summed E-state index contributed by atoms with van der Waals surface area (Å²) in [7, 11) is 1.29. The SMILES string of the molecule is COC(=O)c1ccccc1N1CC(C(=O)Nc2ccccc2Nc2ccc(C)cc2)CC1=O. The highest BCUT2D eigenvalue weighted by Gasteiger charge is 2.36. The van der Waals surface area contributed by atoms with Gasteiger partial charge in [0.2, 0.25) is 11.8 Å². The molecule has 2 amide bonds. The zero-order valence-electron chi connectivity index (χ0n) is 18.5. The number of anilines is 4. The van der Waals surface area contributed by atoms with E-state index in [0.29, 0.717) is 16.9 Å². The molecule has 0 aromatic heterocycles. The average molecular weight is 444 g/mol. The number of esters is 1. The van der Waals surface area contributed by atoms with Crippen LogP contribution in [0.15, 0.2) is 72.8 Å². The lowest BCUT2D eigenvalue weighted by molar-refractivity contribution is -0.122. The molecule has 7 heteroatoms. The molecule has 1 heterocycles. The lowest BCUT2D eigenvalue weighted by Crippen LogP contribution is -2.29. The third-order valence-electron chi connectivity index (χ3n) is 5.61. The van der Waals surface area contributed by atoms with E-state index in [2.05, 4.69) is 10.6 Å². The minimum absolute atomic E-state index is 0.0644. The Bertz CT molecular complexity index is 1190. The third-order valence-corrected chi connectivity index (χ3v) is 5.61. The van der Waals surface area contributed by atoms with Crippen molar-refractivity contribution in [3.8, 4) is 0 Å². The fourth-order valence-corrected chi connectivity index (χ4v) is 3.84. The minimum Gasteiger partial charge on any atom is -0.465 e. The molecule has 1 aliphatic rings. The average Bonchev–Trinajstić information content (AvgIpc) is 3.23. The van der Waals surface area contributed by atoms with Gasteiger partial charge < -0.3 is 20.3 Å². The number of hydrogen-bond donors (Lipinski definition) is 2. The monoisotopic (exact) mass is 443 g/mol. The molecule has 1 fully saturated rings. The number of rotatable bonds is 6. The molecule has 7 nitrogen and oxygen atoms in total. The van der Waals surface area contributed by atoms with Crippen molar-refractivity contribution in [2.24, 2.45) is 5.92 Å². The maximum Gasteiger partial charge on any atom is 0.339 e. The van der Waals surface area contributed by atoms with Gasteiger partial charge in [0.05, 0.1) is 35.7 Å². The lowest BCUT2D eigenvalue weighted by atomic mass is 10.1. The highest BCUT2D eigenvalue weighted by atomic mass is 16.5. The van der Waals surface area contributed by atoms with Gasteiger partial charge in [-0.2, -0.15) is 0 Å². The summed E-state index contributed by atoms with van der Waals surface area (Å²) in [6, 6.07) is 22.1. The Hall–Kier alpha value is -4.13. The number of amides is 2. The molecule has 0 saturated carbocycles. The fourth-order valence-electron chi connectivity index (χ4n) is 3.84. The highest BCUT2D eigenvalue weighted by molar-refractivity contribution is 6.07. The van der Waals surface area contributed by atoms with Crippen molar-refractivity contribution in [1.29, 1.82) is 0 Å². The molecule has 33 heavy (non-hydrogen) atoms. The Balaban J connectivity index is 1.49. The van der Waals surface area contributed by atoms with Gasteiger partial charge in [-0.25, -0.2) is 4.79 Å². The molecule has 168 valence electrons. The summed E-state index contributed by atoms with van der Waals surface area (Å²) in [5.41, 5.74) is 4.19. The summed E-state index contributed by atoms with van der Waals surface area (Å²) in [6.45, 7) is 2.21. The van der Waals surface area contributed by atoms with Crippen LogP contribution in [0.1, 0.15) is 22.3 Å². The van der Waals surface area contributed by atoms with Crippen LogP contribution in [0.25, 0.3) is 0 Å². The molecule has 0 aliphatic carbocycles. The van der Waals surface area contributed by atoms with E-state index in [0.717, 1.165) is 16.9 Å². The Morgan fingerprint density at radius 2 is 1.61 bits per heavy atom. The van der Waals surface area contributed by atoms with E-state index in [4.69, 9.17) is 4.74 Å². The topological polar surface area (TPSA) is 87.7 Å². The first-order chi connectivity index (χ1) is 16.0. The maximum atomic E-state index is 13.1. The second kappa shape index (κ2) is 9.56. The number of ether oxygens (including phenoxy) is 1. The van der Waals surface area contributed by atoms with Crippen LogP contribution in [0.5, 0.6) is 0 Å². The normalized spacial score (nSPS) is 15.3. The number of carbonyl (C=O) groups excluding carboxylic acids is 3. The molecular formula is C26H25N3O4. The predicted molar refractivity (Wildman–Crippen MR) is 128 cm³/mol. The van der Waals surface area contributed by atoms with Gasteiger partial charge in [0.15, 0.2) is 0 Å². The number of hydrogen-bond acceptors (Lipinski definition) is 5. The van der Waals surface area contributed by atoms with Gasteiger partial charge in [-0.15, -0.1) is 0 Å². The van der Waals surface area contributed by atoms with Gasteiger partial charge in [0, 0.05) is 18.7 Å². The summed E-state index contributed by atoms with van der Waals surface area (Å²) in [5.74, 6) is -1.53. The zero-order chi connectivity index (χ0) is 23.4. The van der Waals surface area contributed by atoms with Crippen molar-refractivity contribution in [3.05, 3.63) is 83.9 Å². The van der Waals surface area contributed by atoms with E-state index in [1.54, 1.807) is 24.3 Å². The molecule has 3 aromatic rings. The number of benzene rings is 3. The van der Waals surface area contributed by atoms with Gasteiger partial charge in [-0.05, 0) is 43.3 Å². The van der Waals surface area contributed by atoms with Crippen molar-refractivity contribution < 1.29 is 19.1 Å². The summed E-state index contributed by atoms with van der Waals surface area (Å²) < 4.78 is 4.83. The molecule has 1 saturated heterocycles. The van der Waals surface area contributed by atoms with Gasteiger partial charge in [0.1, 0.15) is 0 Å². The van der Waals surface area contributed by atoms with Gasteiger partial charge in [-0.3, -0.25) is 9.59 Å². The van der Waals surface area contributed by atoms with Crippen LogP contribution < -0.4 is 15.5 Å². The standard InChI is InChI=1S/C26H25N3O4/c1-17-11-13-19(14-12-17)27-21-8-4-5-9-22(21)28-25(31)18-15-24(30)29(16-18)23-10-6-3-7-20(23)26(32)33-2/h3-14,18,27H,15-16H2,1-2H3,(H,28,31). The Morgan fingerprint density at radius 1 is 0.939 bits per heavy atom. The van der Waals surface area contributed by atoms with Crippen molar-refractivity contribution in [2.45, 2.75) is 13.3 Å². The van der Waals surface area contributed by atoms with Gasteiger partial charge >= 0.3 is 5.97 Å². The maximum absolute atomic E-state index is 13.1. The first-order valence-corrected chi connectivity index (χ1v) is 10.7. The molecule has 0 spiro atoms. The summed E-state index contributed by atoms with van der Waals surface area (Å²) in [5, 5.41) is 6.28. The van der Waals surface area contributed by atoms with E-state index < -0.39 is 11.9 Å². The first kappa shape index (κ1) is 22.1. The lowest BCUT2D eigenvalue weighted by Gasteiger charge is -2.19. The molecule has 1 aliphatic heterocycles. The van der Waals surface area contributed by atoms with E-state index in [1.165, 1.54) is 12.0 Å². The molecule has 3 aromatic carbocycles. The Morgan fingerprint density at radius 3 is 2.33 bits per heavy atom. The number of aryl methyl sites for hydroxylation is 1. The van der Waals surface area contributed by atoms with Crippen LogP contribution in [-0.2, 0) is 14.3 Å². The Labute approximate surface area is 192 Å². The number of methoxy groups -OCH3 is 1. The first-order valence-electron chi connectivity index (χ1n) is 10.7. The summed E-state index contributed by atoms with van der Waals surface area (Å²) in [6.07, 6.45) is 0.0644. The van der Waals surface area contributed by atoms with Crippen LogP contribution in [-0.4, -0.2) is 31.4 Å². The van der Waals surface area contributed by atoms with E-state index in [-0.39, 0.29) is 24.8 Å². The minimum atomic E-state index is -0.546. The van der Waals surface area contributed by atoms with Gasteiger partial charge in [0.25, 0.3) is 0 Å². The third kappa shape index (κ3) is 4.87. The van der Waals surface area contributed by atoms with Crippen molar-refractivity contribution >= 4 is 40.5 Å². The second-order valence-corrected chi connectivity index (χ2v) is 7.94. The molecule has 0 bridgehead atoms. The second-order valence-electron chi connectivity index (χ2n) is 7.94.